The van der Waals surface area contributed by atoms with Gasteiger partial charge in [0.2, 0.25) is 0 Å². The van der Waals surface area contributed by atoms with Crippen LogP contribution in [0, 0.1) is 6.92 Å². The molecule has 27 heavy (non-hydrogen) atoms. The summed E-state index contributed by atoms with van der Waals surface area (Å²) >= 11 is 0. The first-order chi connectivity index (χ1) is 13.1. The van der Waals surface area contributed by atoms with Crippen LogP contribution in [-0.4, -0.2) is 59.4 Å². The fourth-order valence-corrected chi connectivity index (χ4v) is 3.92. The first-order valence-corrected chi connectivity index (χ1v) is 9.57. The molecular formula is C22H30N2O3. The monoisotopic (exact) mass is 370 g/mol. The summed E-state index contributed by atoms with van der Waals surface area (Å²) in [6.07, 6.45) is 0.770. The Morgan fingerprint density at radius 2 is 1.89 bits per heavy atom. The Hall–Kier alpha value is -2.08. The topological polar surface area (TPSA) is 56.2 Å². The highest BCUT2D eigenvalue weighted by Crippen LogP contribution is 2.23. The van der Waals surface area contributed by atoms with E-state index in [4.69, 9.17) is 4.74 Å². The van der Waals surface area contributed by atoms with Gasteiger partial charge in [0, 0.05) is 45.4 Å². The molecule has 146 valence electrons. The van der Waals surface area contributed by atoms with Gasteiger partial charge in [-0.25, -0.2) is 0 Å². The number of hydrogen-bond acceptors (Lipinski definition) is 5. The lowest BCUT2D eigenvalue weighted by atomic mass is 10.0. The Bertz CT molecular complexity index is 750. The SMILES string of the molecule is COc1ccc(CN2CCN(Cc3cccc(O)c3)C[C@@H]2CCO)cc1C. The van der Waals surface area contributed by atoms with E-state index in [9.17, 15) is 10.2 Å². The lowest BCUT2D eigenvalue weighted by molar-refractivity contribution is 0.0499. The molecule has 2 aromatic carbocycles. The van der Waals surface area contributed by atoms with Crippen LogP contribution in [0.2, 0.25) is 0 Å². The molecule has 0 amide bonds. The van der Waals surface area contributed by atoms with E-state index in [2.05, 4.69) is 28.9 Å². The van der Waals surface area contributed by atoms with Gasteiger partial charge in [-0.3, -0.25) is 9.80 Å². The van der Waals surface area contributed by atoms with Crippen LogP contribution in [0.4, 0.5) is 0 Å². The van der Waals surface area contributed by atoms with Crippen LogP contribution in [0.5, 0.6) is 11.5 Å². The minimum Gasteiger partial charge on any atom is -0.508 e. The average molecular weight is 370 g/mol. The van der Waals surface area contributed by atoms with E-state index in [1.54, 1.807) is 13.2 Å². The zero-order chi connectivity index (χ0) is 19.2. The van der Waals surface area contributed by atoms with Gasteiger partial charge in [-0.15, -0.1) is 0 Å². The van der Waals surface area contributed by atoms with Crippen molar-refractivity contribution in [1.82, 2.24) is 9.80 Å². The van der Waals surface area contributed by atoms with E-state index >= 15 is 0 Å². The lowest BCUT2D eigenvalue weighted by Gasteiger charge is -2.41. The van der Waals surface area contributed by atoms with E-state index in [0.717, 1.165) is 56.0 Å². The van der Waals surface area contributed by atoms with Gasteiger partial charge in [0.15, 0.2) is 0 Å². The second kappa shape index (κ2) is 9.22. The number of hydrogen-bond donors (Lipinski definition) is 2. The molecule has 0 aliphatic carbocycles. The van der Waals surface area contributed by atoms with Crippen LogP contribution in [0.25, 0.3) is 0 Å². The number of aliphatic hydroxyl groups excluding tert-OH is 1. The van der Waals surface area contributed by atoms with E-state index in [-0.39, 0.29) is 6.61 Å². The molecule has 0 bridgehead atoms. The zero-order valence-corrected chi connectivity index (χ0v) is 16.3. The summed E-state index contributed by atoms with van der Waals surface area (Å²) in [7, 11) is 1.70. The molecule has 0 radical (unpaired) electrons. The predicted molar refractivity (Wildman–Crippen MR) is 107 cm³/mol. The van der Waals surface area contributed by atoms with Gasteiger partial charge < -0.3 is 14.9 Å². The van der Waals surface area contributed by atoms with Gasteiger partial charge in [0.1, 0.15) is 11.5 Å². The summed E-state index contributed by atoms with van der Waals surface area (Å²) in [6.45, 7) is 6.84. The number of phenols is 1. The van der Waals surface area contributed by atoms with Crippen LogP contribution < -0.4 is 4.74 Å². The maximum atomic E-state index is 9.68. The molecule has 0 spiro atoms. The lowest BCUT2D eigenvalue weighted by Crippen LogP contribution is -2.52. The summed E-state index contributed by atoms with van der Waals surface area (Å²) in [6, 6.07) is 14.1. The van der Waals surface area contributed by atoms with Crippen molar-refractivity contribution in [3.05, 3.63) is 59.2 Å². The molecule has 5 nitrogen and oxygen atoms in total. The highest BCUT2D eigenvalue weighted by molar-refractivity contribution is 5.36. The first-order valence-electron chi connectivity index (χ1n) is 9.57. The molecule has 1 atom stereocenters. The van der Waals surface area contributed by atoms with Crippen molar-refractivity contribution >= 4 is 0 Å². The van der Waals surface area contributed by atoms with E-state index in [1.807, 2.05) is 24.3 Å². The third kappa shape index (κ3) is 5.22. The zero-order valence-electron chi connectivity index (χ0n) is 16.3. The largest absolute Gasteiger partial charge is 0.508 e. The molecule has 5 heteroatoms. The molecule has 1 aliphatic rings. The smallest absolute Gasteiger partial charge is 0.121 e. The van der Waals surface area contributed by atoms with Crippen LogP contribution in [-0.2, 0) is 13.1 Å². The van der Waals surface area contributed by atoms with Crippen molar-refractivity contribution < 1.29 is 14.9 Å². The standard InChI is InChI=1S/C22H30N2O3/c1-17-12-19(6-7-22(17)27-2)15-24-10-9-23(16-20(24)8-11-25)14-18-4-3-5-21(26)13-18/h3-7,12-13,20,25-26H,8-11,14-16H2,1-2H3/t20-/m0/s1. The third-order valence-corrected chi connectivity index (χ3v) is 5.31. The third-order valence-electron chi connectivity index (χ3n) is 5.31. The molecule has 0 aromatic heterocycles. The summed E-state index contributed by atoms with van der Waals surface area (Å²) in [5, 5.41) is 19.2. The van der Waals surface area contributed by atoms with Crippen molar-refractivity contribution in [3.63, 3.8) is 0 Å². The highest BCUT2D eigenvalue weighted by Gasteiger charge is 2.26. The molecule has 1 aliphatic heterocycles. The van der Waals surface area contributed by atoms with E-state index < -0.39 is 0 Å². The Morgan fingerprint density at radius 1 is 1.07 bits per heavy atom. The second-order valence-electron chi connectivity index (χ2n) is 7.35. The number of aromatic hydroxyl groups is 1. The van der Waals surface area contributed by atoms with Crippen LogP contribution in [0.15, 0.2) is 42.5 Å². The van der Waals surface area contributed by atoms with Crippen LogP contribution in [0.1, 0.15) is 23.1 Å². The van der Waals surface area contributed by atoms with E-state index in [0.29, 0.717) is 11.8 Å². The van der Waals surface area contributed by atoms with Gasteiger partial charge in [0.25, 0.3) is 0 Å². The molecule has 0 unspecified atom stereocenters. The minimum absolute atomic E-state index is 0.197. The molecule has 1 saturated heterocycles. The first kappa shape index (κ1) is 19.7. The Labute approximate surface area is 161 Å². The van der Waals surface area contributed by atoms with Crippen molar-refractivity contribution in [1.29, 1.82) is 0 Å². The van der Waals surface area contributed by atoms with E-state index in [1.165, 1.54) is 5.56 Å². The molecule has 1 fully saturated rings. The summed E-state index contributed by atoms with van der Waals surface area (Å²) < 4.78 is 5.36. The quantitative estimate of drug-likeness (QED) is 0.785. The molecule has 2 N–H and O–H groups in total. The molecule has 0 saturated carbocycles. The summed E-state index contributed by atoms with van der Waals surface area (Å²) in [5.41, 5.74) is 3.55. The molecule has 1 heterocycles. The number of ether oxygens (including phenoxy) is 1. The van der Waals surface area contributed by atoms with Crippen LogP contribution >= 0.6 is 0 Å². The van der Waals surface area contributed by atoms with Crippen molar-refractivity contribution in [2.24, 2.45) is 0 Å². The van der Waals surface area contributed by atoms with Gasteiger partial charge >= 0.3 is 0 Å². The summed E-state index contributed by atoms with van der Waals surface area (Å²) in [4.78, 5) is 4.88. The molecule has 2 aromatic rings. The van der Waals surface area contributed by atoms with Crippen molar-refractivity contribution in [2.75, 3.05) is 33.4 Å². The fourth-order valence-electron chi connectivity index (χ4n) is 3.92. The minimum atomic E-state index is 0.197. The highest BCUT2D eigenvalue weighted by atomic mass is 16.5. The van der Waals surface area contributed by atoms with Crippen molar-refractivity contribution in [2.45, 2.75) is 32.5 Å². The number of benzene rings is 2. The van der Waals surface area contributed by atoms with Crippen LogP contribution in [0.3, 0.4) is 0 Å². The average Bonchev–Trinajstić information content (AvgIpc) is 2.64. The number of rotatable bonds is 7. The van der Waals surface area contributed by atoms with Gasteiger partial charge in [-0.2, -0.15) is 0 Å². The number of phenolic OH excluding ortho intramolecular Hbond substituents is 1. The number of aliphatic hydroxyl groups is 1. The number of nitrogens with zero attached hydrogens (tertiary/aromatic N) is 2. The van der Waals surface area contributed by atoms with Gasteiger partial charge in [-0.05, 0) is 48.2 Å². The number of aryl methyl sites for hydroxylation is 1. The summed E-state index contributed by atoms with van der Waals surface area (Å²) in [5.74, 6) is 1.23. The number of piperazine rings is 1. The fraction of sp³-hybridized carbons (Fsp3) is 0.455. The normalized spacial score (nSPS) is 18.6. The number of methoxy groups -OCH3 is 1. The Morgan fingerprint density at radius 3 is 2.59 bits per heavy atom. The Kier molecular flexibility index (Phi) is 6.72. The maximum Gasteiger partial charge on any atom is 0.121 e. The van der Waals surface area contributed by atoms with Crippen molar-refractivity contribution in [3.8, 4) is 11.5 Å². The Balaban J connectivity index is 1.64. The molecule has 3 rings (SSSR count). The van der Waals surface area contributed by atoms with Gasteiger partial charge in [-0.1, -0.05) is 24.3 Å². The maximum absolute atomic E-state index is 9.68. The second-order valence-corrected chi connectivity index (χ2v) is 7.35. The molecular weight excluding hydrogens is 340 g/mol. The van der Waals surface area contributed by atoms with Gasteiger partial charge in [0.05, 0.1) is 7.11 Å². The predicted octanol–water partition coefficient (Wildman–Crippen LogP) is 2.78.